The summed E-state index contributed by atoms with van der Waals surface area (Å²) in [6.07, 6.45) is 0. The second-order valence-electron chi connectivity index (χ2n) is 16.2. The molecule has 5 heteroatoms. The van der Waals surface area contributed by atoms with Crippen molar-refractivity contribution in [3.05, 3.63) is 218 Å². The maximum Gasteiger partial charge on any atom is 0.160 e. The van der Waals surface area contributed by atoms with Crippen molar-refractivity contribution in [2.24, 2.45) is 0 Å². The van der Waals surface area contributed by atoms with Gasteiger partial charge in [-0.2, -0.15) is 0 Å². The molecule has 13 aromatic rings. The molecular weight excluding hydrogens is 769 g/mol. The highest BCUT2D eigenvalue weighted by molar-refractivity contribution is 6.24. The van der Waals surface area contributed by atoms with Crippen molar-refractivity contribution in [3.8, 4) is 56.4 Å². The van der Waals surface area contributed by atoms with Crippen LogP contribution >= 0.6 is 0 Å². The molecule has 0 radical (unpaired) electrons. The first-order chi connectivity index (χ1) is 31.2. The summed E-state index contributed by atoms with van der Waals surface area (Å²) in [6.45, 7) is 0. The Morgan fingerprint density at radius 1 is 0.317 bits per heavy atom. The van der Waals surface area contributed by atoms with Crippen LogP contribution in [0.2, 0.25) is 0 Å². The highest BCUT2D eigenvalue weighted by atomic mass is 16.3. The Morgan fingerprint density at radius 2 is 0.825 bits per heavy atom. The van der Waals surface area contributed by atoms with Crippen LogP contribution in [-0.2, 0) is 0 Å². The summed E-state index contributed by atoms with van der Waals surface area (Å²) in [6, 6.07) is 77.2. The number of furan rings is 1. The average Bonchev–Trinajstić information content (AvgIpc) is 4.02. The first-order valence-corrected chi connectivity index (χ1v) is 21.3. The predicted molar refractivity (Wildman–Crippen MR) is 260 cm³/mol. The molecule has 63 heavy (non-hydrogen) atoms. The molecule has 0 saturated carbocycles. The summed E-state index contributed by atoms with van der Waals surface area (Å²) in [5.41, 5.74) is 15.7. The van der Waals surface area contributed by atoms with E-state index >= 15 is 0 Å². The van der Waals surface area contributed by atoms with E-state index in [9.17, 15) is 0 Å². The van der Waals surface area contributed by atoms with E-state index < -0.39 is 0 Å². The Kier molecular flexibility index (Phi) is 7.84. The molecule has 0 N–H and O–H groups in total. The van der Waals surface area contributed by atoms with Gasteiger partial charge in [-0.05, 0) is 90.0 Å². The van der Waals surface area contributed by atoms with Crippen molar-refractivity contribution in [1.29, 1.82) is 0 Å². The molecule has 5 nitrogen and oxygen atoms in total. The van der Waals surface area contributed by atoms with Crippen LogP contribution in [0.25, 0.3) is 122 Å². The van der Waals surface area contributed by atoms with Crippen molar-refractivity contribution in [3.63, 3.8) is 0 Å². The number of benzene rings is 9. The SMILES string of the molecule is c1ccc(-c2cc(-c3ccc(-n4c5ccccc5c5c6oc7ccc(-c8ccc9c(c8)c8ccccc8n9-c8ccccc8)cc7c6ccc54)cc3)nc(-c3ccccc3)n2)cc1. The lowest BCUT2D eigenvalue weighted by Crippen LogP contribution is -1.97. The highest BCUT2D eigenvalue weighted by Crippen LogP contribution is 2.42. The third kappa shape index (κ3) is 5.64. The third-order valence-corrected chi connectivity index (χ3v) is 12.5. The quantitative estimate of drug-likeness (QED) is 0.168. The number of rotatable bonds is 6. The maximum absolute atomic E-state index is 6.84. The Morgan fingerprint density at radius 3 is 1.56 bits per heavy atom. The Hall–Kier alpha value is -8.54. The summed E-state index contributed by atoms with van der Waals surface area (Å²) in [7, 11) is 0. The number of hydrogen-bond donors (Lipinski definition) is 0. The third-order valence-electron chi connectivity index (χ3n) is 12.5. The molecule has 0 fully saturated rings. The molecule has 294 valence electrons. The maximum atomic E-state index is 6.84. The van der Waals surface area contributed by atoms with Gasteiger partial charge in [0.25, 0.3) is 0 Å². The normalized spacial score (nSPS) is 11.8. The van der Waals surface area contributed by atoms with E-state index in [-0.39, 0.29) is 0 Å². The minimum absolute atomic E-state index is 0.702. The molecule has 0 aliphatic carbocycles. The average molecular weight is 805 g/mol. The smallest absolute Gasteiger partial charge is 0.160 e. The van der Waals surface area contributed by atoms with Crippen LogP contribution in [0.5, 0.6) is 0 Å². The van der Waals surface area contributed by atoms with Gasteiger partial charge in [-0.25, -0.2) is 9.97 Å². The van der Waals surface area contributed by atoms with E-state index in [0.29, 0.717) is 5.82 Å². The van der Waals surface area contributed by atoms with E-state index in [2.05, 4.69) is 191 Å². The van der Waals surface area contributed by atoms with Crippen LogP contribution in [0.3, 0.4) is 0 Å². The van der Waals surface area contributed by atoms with E-state index in [0.717, 1.165) is 88.8 Å². The van der Waals surface area contributed by atoms with Gasteiger partial charge in [0.1, 0.15) is 11.2 Å². The molecule has 0 amide bonds. The van der Waals surface area contributed by atoms with E-state index in [1.165, 1.54) is 27.4 Å². The Labute approximate surface area is 362 Å². The lowest BCUT2D eigenvalue weighted by atomic mass is 10.00. The molecule has 13 rings (SSSR count). The lowest BCUT2D eigenvalue weighted by Gasteiger charge is -2.11. The largest absolute Gasteiger partial charge is 0.455 e. The van der Waals surface area contributed by atoms with Crippen LogP contribution in [0.1, 0.15) is 0 Å². The zero-order valence-electron chi connectivity index (χ0n) is 34.0. The fourth-order valence-electron chi connectivity index (χ4n) is 9.60. The molecule has 0 bridgehead atoms. The van der Waals surface area contributed by atoms with Crippen LogP contribution < -0.4 is 0 Å². The second kappa shape index (κ2) is 14.0. The molecule has 4 heterocycles. The summed E-state index contributed by atoms with van der Waals surface area (Å²) in [5.74, 6) is 0.702. The van der Waals surface area contributed by atoms with Crippen molar-refractivity contribution in [2.75, 3.05) is 0 Å². The molecule has 9 aromatic carbocycles. The number of aromatic nitrogens is 4. The van der Waals surface area contributed by atoms with Gasteiger partial charge in [-0.1, -0.05) is 140 Å². The fourth-order valence-corrected chi connectivity index (χ4v) is 9.60. The first kappa shape index (κ1) is 35.2. The van der Waals surface area contributed by atoms with Gasteiger partial charge < -0.3 is 13.6 Å². The monoisotopic (exact) mass is 804 g/mol. The van der Waals surface area contributed by atoms with Gasteiger partial charge in [-0.3, -0.25) is 0 Å². The topological polar surface area (TPSA) is 48.8 Å². The van der Waals surface area contributed by atoms with Crippen molar-refractivity contribution in [1.82, 2.24) is 19.1 Å². The molecule has 0 aliphatic heterocycles. The highest BCUT2D eigenvalue weighted by Gasteiger charge is 2.20. The van der Waals surface area contributed by atoms with Crippen molar-refractivity contribution in [2.45, 2.75) is 0 Å². The molecule has 0 atom stereocenters. The molecule has 4 aromatic heterocycles. The van der Waals surface area contributed by atoms with Gasteiger partial charge in [0, 0.05) is 55.0 Å². The molecule has 0 aliphatic rings. The van der Waals surface area contributed by atoms with Crippen LogP contribution in [0.4, 0.5) is 0 Å². The van der Waals surface area contributed by atoms with Gasteiger partial charge in [0.15, 0.2) is 5.82 Å². The minimum atomic E-state index is 0.702. The van der Waals surface area contributed by atoms with Gasteiger partial charge >= 0.3 is 0 Å². The number of para-hydroxylation sites is 3. The summed E-state index contributed by atoms with van der Waals surface area (Å²) >= 11 is 0. The summed E-state index contributed by atoms with van der Waals surface area (Å²) in [4.78, 5) is 10.1. The summed E-state index contributed by atoms with van der Waals surface area (Å²) < 4.78 is 11.5. The molecule has 0 saturated heterocycles. The van der Waals surface area contributed by atoms with Crippen LogP contribution in [0, 0.1) is 0 Å². The molecule has 0 spiro atoms. The fraction of sp³-hybridized carbons (Fsp3) is 0. The Balaban J connectivity index is 0.919. The first-order valence-electron chi connectivity index (χ1n) is 21.3. The lowest BCUT2D eigenvalue weighted by molar-refractivity contribution is 0.673. The molecule has 0 unspecified atom stereocenters. The standard InChI is InChI=1S/C58H36N4O/c1-4-14-37(15-5-1)49-36-50(60-58(59-49)39-16-6-2-7-17-39)38-24-28-43(29-25-38)62-52-23-13-11-21-46(52)56-54(62)32-30-45-48-35-41(27-33-55(48)63-57(45)56)40-26-31-53-47(34-40)44-20-10-12-22-51(44)61(53)42-18-8-3-9-19-42/h1-36H. The van der Waals surface area contributed by atoms with Gasteiger partial charge in [0.05, 0.1) is 38.8 Å². The van der Waals surface area contributed by atoms with Crippen LogP contribution in [0.15, 0.2) is 223 Å². The van der Waals surface area contributed by atoms with Gasteiger partial charge in [-0.15, -0.1) is 0 Å². The van der Waals surface area contributed by atoms with E-state index in [4.69, 9.17) is 14.4 Å². The predicted octanol–water partition coefficient (Wildman–Crippen LogP) is 15.2. The Bertz CT molecular complexity index is 3820. The summed E-state index contributed by atoms with van der Waals surface area (Å²) in [5, 5.41) is 6.94. The van der Waals surface area contributed by atoms with Crippen molar-refractivity contribution >= 4 is 65.6 Å². The van der Waals surface area contributed by atoms with Crippen LogP contribution in [-0.4, -0.2) is 19.1 Å². The zero-order valence-corrected chi connectivity index (χ0v) is 34.0. The van der Waals surface area contributed by atoms with Crippen molar-refractivity contribution < 1.29 is 4.42 Å². The second-order valence-corrected chi connectivity index (χ2v) is 16.2. The van der Waals surface area contributed by atoms with E-state index in [1.54, 1.807) is 0 Å². The molecular formula is C58H36N4O. The van der Waals surface area contributed by atoms with E-state index in [1.807, 2.05) is 36.4 Å². The zero-order chi connectivity index (χ0) is 41.4. The number of hydrogen-bond acceptors (Lipinski definition) is 3. The minimum Gasteiger partial charge on any atom is -0.455 e. The number of nitrogens with zero attached hydrogens (tertiary/aromatic N) is 4. The number of fused-ring (bicyclic) bond motifs is 10. The van der Waals surface area contributed by atoms with Gasteiger partial charge in [0.2, 0.25) is 0 Å².